The maximum atomic E-state index is 12.2. The van der Waals surface area contributed by atoms with Gasteiger partial charge in [-0.3, -0.25) is 14.9 Å². The maximum Gasteiger partial charge on any atom is 0.287 e. The van der Waals surface area contributed by atoms with Gasteiger partial charge in [-0.2, -0.15) is 0 Å². The number of rotatable bonds is 4. The quantitative estimate of drug-likeness (QED) is 0.670. The standard InChI is InChI=1S/C13H18N4O3/c1-10(13(18)16-7-3-2-4-8-16)15-12-6-5-11(9-14-12)17(19)20/h5-6,9-10H,2-4,7-8H2,1H3,(H,14,15). The van der Waals surface area contributed by atoms with Crippen LogP contribution in [0.15, 0.2) is 18.3 Å². The van der Waals surface area contributed by atoms with Crippen LogP contribution >= 0.6 is 0 Å². The van der Waals surface area contributed by atoms with Crippen LogP contribution in [0.3, 0.4) is 0 Å². The monoisotopic (exact) mass is 278 g/mol. The van der Waals surface area contributed by atoms with Gasteiger partial charge < -0.3 is 10.2 Å². The van der Waals surface area contributed by atoms with Crippen molar-refractivity contribution in [2.75, 3.05) is 18.4 Å². The molecule has 7 nitrogen and oxygen atoms in total. The van der Waals surface area contributed by atoms with Gasteiger partial charge in [0.05, 0.1) is 4.92 Å². The molecule has 7 heteroatoms. The molecule has 1 aliphatic rings. The number of likely N-dealkylation sites (tertiary alicyclic amines) is 1. The summed E-state index contributed by atoms with van der Waals surface area (Å²) in [6, 6.07) is 2.49. The van der Waals surface area contributed by atoms with E-state index in [0.717, 1.165) is 25.9 Å². The largest absolute Gasteiger partial charge is 0.359 e. The molecule has 0 aromatic carbocycles. The Balaban J connectivity index is 1.94. The molecule has 0 spiro atoms. The number of pyridine rings is 1. The Kier molecular flexibility index (Phi) is 4.49. The molecule has 1 amide bonds. The maximum absolute atomic E-state index is 12.2. The molecule has 1 N–H and O–H groups in total. The van der Waals surface area contributed by atoms with E-state index in [2.05, 4.69) is 10.3 Å². The molecule has 0 aliphatic carbocycles. The summed E-state index contributed by atoms with van der Waals surface area (Å²) in [7, 11) is 0. The molecule has 2 heterocycles. The average Bonchev–Trinajstić information content (AvgIpc) is 2.48. The molecule has 1 aromatic rings. The zero-order valence-corrected chi connectivity index (χ0v) is 11.4. The number of nitrogens with zero attached hydrogens (tertiary/aromatic N) is 3. The van der Waals surface area contributed by atoms with Gasteiger partial charge >= 0.3 is 0 Å². The van der Waals surface area contributed by atoms with Gasteiger partial charge in [-0.05, 0) is 32.3 Å². The van der Waals surface area contributed by atoms with Gasteiger partial charge in [0.2, 0.25) is 5.91 Å². The molecule has 1 unspecified atom stereocenters. The Hall–Kier alpha value is -2.18. The zero-order valence-electron chi connectivity index (χ0n) is 11.4. The van der Waals surface area contributed by atoms with Crippen LogP contribution in [0.5, 0.6) is 0 Å². The van der Waals surface area contributed by atoms with Crippen molar-refractivity contribution in [3.63, 3.8) is 0 Å². The van der Waals surface area contributed by atoms with E-state index in [1.165, 1.54) is 24.8 Å². The smallest absolute Gasteiger partial charge is 0.287 e. The van der Waals surface area contributed by atoms with E-state index in [9.17, 15) is 14.9 Å². The van der Waals surface area contributed by atoms with Crippen LogP contribution in [-0.4, -0.2) is 39.8 Å². The van der Waals surface area contributed by atoms with Crippen LogP contribution in [0, 0.1) is 10.1 Å². The highest BCUT2D eigenvalue weighted by Crippen LogP contribution is 2.14. The van der Waals surface area contributed by atoms with Gasteiger partial charge in [0.25, 0.3) is 5.69 Å². The third-order valence-corrected chi connectivity index (χ3v) is 3.36. The minimum absolute atomic E-state index is 0.0462. The molecule has 0 radical (unpaired) electrons. The molecule has 108 valence electrons. The van der Waals surface area contributed by atoms with Gasteiger partial charge in [-0.25, -0.2) is 4.98 Å². The van der Waals surface area contributed by atoms with Crippen molar-refractivity contribution in [3.8, 4) is 0 Å². The molecule has 1 aliphatic heterocycles. The summed E-state index contributed by atoms with van der Waals surface area (Å²) in [6.07, 6.45) is 4.46. The normalized spacial score (nSPS) is 16.6. The predicted molar refractivity (Wildman–Crippen MR) is 74.4 cm³/mol. The number of anilines is 1. The summed E-state index contributed by atoms with van der Waals surface area (Å²) in [4.78, 5) is 28.0. The van der Waals surface area contributed by atoms with Crippen LogP contribution < -0.4 is 5.32 Å². The van der Waals surface area contributed by atoms with Crippen LogP contribution in [0.2, 0.25) is 0 Å². The van der Waals surface area contributed by atoms with E-state index < -0.39 is 4.92 Å². The lowest BCUT2D eigenvalue weighted by molar-refractivity contribution is -0.385. The van der Waals surface area contributed by atoms with E-state index in [-0.39, 0.29) is 17.6 Å². The lowest BCUT2D eigenvalue weighted by atomic mass is 10.1. The highest BCUT2D eigenvalue weighted by atomic mass is 16.6. The molecular weight excluding hydrogens is 260 g/mol. The van der Waals surface area contributed by atoms with Crippen LogP contribution in [0.4, 0.5) is 11.5 Å². The molecule has 0 bridgehead atoms. The number of aromatic nitrogens is 1. The third kappa shape index (κ3) is 3.43. The van der Waals surface area contributed by atoms with Crippen molar-refractivity contribution < 1.29 is 9.72 Å². The number of piperidine rings is 1. The first-order chi connectivity index (χ1) is 9.58. The SMILES string of the molecule is CC(Nc1ccc([N+](=O)[O-])cn1)C(=O)N1CCCCC1. The average molecular weight is 278 g/mol. The molecule has 20 heavy (non-hydrogen) atoms. The van der Waals surface area contributed by atoms with Crippen LogP contribution in [0.25, 0.3) is 0 Å². The predicted octanol–water partition coefficient (Wildman–Crippen LogP) is 1.80. The number of hydrogen-bond donors (Lipinski definition) is 1. The summed E-state index contributed by atoms with van der Waals surface area (Å²) < 4.78 is 0. The number of hydrogen-bond acceptors (Lipinski definition) is 5. The highest BCUT2D eigenvalue weighted by Gasteiger charge is 2.22. The number of nitro groups is 1. The molecule has 1 atom stereocenters. The molecule has 2 rings (SSSR count). The van der Waals surface area contributed by atoms with Crippen molar-refractivity contribution >= 4 is 17.4 Å². The highest BCUT2D eigenvalue weighted by molar-refractivity contribution is 5.84. The van der Waals surface area contributed by atoms with Crippen molar-refractivity contribution in [1.82, 2.24) is 9.88 Å². The fourth-order valence-electron chi connectivity index (χ4n) is 2.25. The van der Waals surface area contributed by atoms with Crippen molar-refractivity contribution in [2.24, 2.45) is 0 Å². The van der Waals surface area contributed by atoms with E-state index in [4.69, 9.17) is 0 Å². The topological polar surface area (TPSA) is 88.4 Å². The van der Waals surface area contributed by atoms with Crippen molar-refractivity contribution in [1.29, 1.82) is 0 Å². The number of nitrogens with one attached hydrogen (secondary N) is 1. The fraction of sp³-hybridized carbons (Fsp3) is 0.538. The summed E-state index contributed by atoms with van der Waals surface area (Å²) in [5, 5.41) is 13.5. The Morgan fingerprint density at radius 1 is 1.40 bits per heavy atom. The van der Waals surface area contributed by atoms with Gasteiger partial charge in [0, 0.05) is 19.2 Å². The Labute approximate surface area is 117 Å². The molecule has 1 saturated heterocycles. The van der Waals surface area contributed by atoms with E-state index >= 15 is 0 Å². The first kappa shape index (κ1) is 14.2. The fourth-order valence-corrected chi connectivity index (χ4v) is 2.25. The first-order valence-corrected chi connectivity index (χ1v) is 6.73. The van der Waals surface area contributed by atoms with E-state index in [1.807, 2.05) is 4.90 Å². The van der Waals surface area contributed by atoms with Crippen LogP contribution in [0.1, 0.15) is 26.2 Å². The van der Waals surface area contributed by atoms with Crippen molar-refractivity contribution in [3.05, 3.63) is 28.4 Å². The van der Waals surface area contributed by atoms with E-state index in [1.54, 1.807) is 6.92 Å². The summed E-state index contributed by atoms with van der Waals surface area (Å²) in [5.74, 6) is 0.512. The molecule has 0 saturated carbocycles. The van der Waals surface area contributed by atoms with Gasteiger partial charge in [0.1, 0.15) is 18.1 Å². The number of carbonyl (C=O) groups is 1. The second-order valence-corrected chi connectivity index (χ2v) is 4.91. The second-order valence-electron chi connectivity index (χ2n) is 4.91. The lowest BCUT2D eigenvalue weighted by Crippen LogP contribution is -2.44. The number of amides is 1. The third-order valence-electron chi connectivity index (χ3n) is 3.36. The second kappa shape index (κ2) is 6.31. The van der Waals surface area contributed by atoms with E-state index in [0.29, 0.717) is 5.82 Å². The van der Waals surface area contributed by atoms with Crippen molar-refractivity contribution in [2.45, 2.75) is 32.2 Å². The summed E-state index contributed by atoms with van der Waals surface area (Å²) >= 11 is 0. The zero-order chi connectivity index (χ0) is 14.5. The van der Waals surface area contributed by atoms with Gasteiger partial charge in [-0.1, -0.05) is 0 Å². The lowest BCUT2D eigenvalue weighted by Gasteiger charge is -2.29. The summed E-state index contributed by atoms with van der Waals surface area (Å²) in [6.45, 7) is 3.39. The first-order valence-electron chi connectivity index (χ1n) is 6.73. The van der Waals surface area contributed by atoms with Crippen LogP contribution in [-0.2, 0) is 4.79 Å². The summed E-state index contributed by atoms with van der Waals surface area (Å²) in [5.41, 5.74) is -0.0643. The minimum Gasteiger partial charge on any atom is -0.359 e. The minimum atomic E-state index is -0.501. The Morgan fingerprint density at radius 2 is 2.10 bits per heavy atom. The number of carbonyl (C=O) groups excluding carboxylic acids is 1. The van der Waals surface area contributed by atoms with Gasteiger partial charge in [-0.15, -0.1) is 0 Å². The molecule has 1 fully saturated rings. The van der Waals surface area contributed by atoms with Gasteiger partial charge in [0.15, 0.2) is 0 Å². The molecule has 1 aromatic heterocycles. The Morgan fingerprint density at radius 3 is 2.65 bits per heavy atom. The molecular formula is C13H18N4O3. The Bertz CT molecular complexity index is 483.